The Labute approximate surface area is 118 Å². The van der Waals surface area contributed by atoms with Crippen LogP contribution in [0.1, 0.15) is 16.8 Å². The van der Waals surface area contributed by atoms with Crippen LogP contribution in [-0.2, 0) is 9.53 Å². The van der Waals surface area contributed by atoms with E-state index in [-0.39, 0.29) is 17.7 Å². The second kappa shape index (κ2) is 7.07. The molecule has 1 amide bonds. The third kappa shape index (κ3) is 5.42. The molecular weight excluding hydrogens is 291 g/mol. The lowest BCUT2D eigenvalue weighted by molar-refractivity contribution is -0.174. The summed E-state index contributed by atoms with van der Waals surface area (Å²) in [7, 11) is 1.36. The van der Waals surface area contributed by atoms with E-state index in [4.69, 9.17) is 5.11 Å². The lowest BCUT2D eigenvalue weighted by Crippen LogP contribution is -2.29. The van der Waals surface area contributed by atoms with E-state index in [2.05, 4.69) is 4.74 Å². The minimum absolute atomic E-state index is 0.0652. The second-order valence-corrected chi connectivity index (χ2v) is 4.19. The van der Waals surface area contributed by atoms with Crippen LogP contribution in [0.2, 0.25) is 0 Å². The van der Waals surface area contributed by atoms with Crippen LogP contribution >= 0.6 is 0 Å². The largest absolute Gasteiger partial charge is 0.478 e. The molecule has 0 aromatic heterocycles. The van der Waals surface area contributed by atoms with Crippen LogP contribution in [0, 0.1) is 0 Å². The molecule has 0 saturated heterocycles. The molecule has 1 rings (SSSR count). The first-order valence-corrected chi connectivity index (χ1v) is 5.96. The first-order chi connectivity index (χ1) is 9.72. The second-order valence-electron chi connectivity index (χ2n) is 4.19. The zero-order chi connectivity index (χ0) is 16.0. The summed E-state index contributed by atoms with van der Waals surface area (Å²) in [6, 6.07) is 5.85. The van der Waals surface area contributed by atoms with Gasteiger partial charge in [0.05, 0.1) is 24.3 Å². The van der Waals surface area contributed by atoms with Crippen LogP contribution in [0.5, 0.6) is 0 Å². The zero-order valence-electron chi connectivity index (χ0n) is 11.2. The highest BCUT2D eigenvalue weighted by Gasteiger charge is 2.27. The van der Waals surface area contributed by atoms with Gasteiger partial charge in [0.15, 0.2) is 0 Å². The number of halogens is 3. The highest BCUT2D eigenvalue weighted by Crippen LogP contribution is 2.20. The maximum atomic E-state index is 11.9. The van der Waals surface area contributed by atoms with Gasteiger partial charge in [0.1, 0.15) is 6.61 Å². The standard InChI is InChI=1S/C13H14F3NO4/c1-17(10-5-3-2-4-9(10)12(19)20)11(18)6-7-21-8-13(14,15)16/h2-5H,6-8H2,1H3,(H,19,20). The van der Waals surface area contributed by atoms with Gasteiger partial charge in [0, 0.05) is 7.05 Å². The van der Waals surface area contributed by atoms with Crippen molar-refractivity contribution >= 4 is 17.6 Å². The summed E-state index contributed by atoms with van der Waals surface area (Å²) in [6.07, 6.45) is -4.72. The van der Waals surface area contributed by atoms with E-state index >= 15 is 0 Å². The molecule has 0 spiro atoms. The Bertz CT molecular complexity index is 516. The fraction of sp³-hybridized carbons (Fsp3) is 0.385. The van der Waals surface area contributed by atoms with Gasteiger partial charge in [-0.2, -0.15) is 13.2 Å². The predicted octanol–water partition coefficient (Wildman–Crippen LogP) is 2.32. The van der Waals surface area contributed by atoms with Crippen molar-refractivity contribution in [3.8, 4) is 0 Å². The summed E-state index contributed by atoms with van der Waals surface area (Å²) >= 11 is 0. The van der Waals surface area contributed by atoms with Crippen LogP contribution in [-0.4, -0.2) is 43.4 Å². The van der Waals surface area contributed by atoms with E-state index in [1.54, 1.807) is 6.07 Å². The van der Waals surface area contributed by atoms with Gasteiger partial charge >= 0.3 is 12.1 Å². The average Bonchev–Trinajstić information content (AvgIpc) is 2.41. The Hall–Kier alpha value is -2.09. The van der Waals surface area contributed by atoms with Crippen molar-refractivity contribution in [2.75, 3.05) is 25.2 Å². The Morgan fingerprint density at radius 1 is 1.29 bits per heavy atom. The Balaban J connectivity index is 2.61. The molecule has 0 aliphatic rings. The highest BCUT2D eigenvalue weighted by atomic mass is 19.4. The molecule has 0 fully saturated rings. The Morgan fingerprint density at radius 2 is 1.90 bits per heavy atom. The maximum absolute atomic E-state index is 11.9. The fourth-order valence-electron chi connectivity index (χ4n) is 1.60. The first kappa shape index (κ1) is 17.0. The fourth-order valence-corrected chi connectivity index (χ4v) is 1.60. The molecule has 0 aliphatic carbocycles. The van der Waals surface area contributed by atoms with E-state index in [0.29, 0.717) is 0 Å². The number of ether oxygens (including phenoxy) is 1. The molecule has 116 valence electrons. The number of carboxylic acids is 1. The maximum Gasteiger partial charge on any atom is 0.411 e. The van der Waals surface area contributed by atoms with E-state index in [9.17, 15) is 22.8 Å². The molecule has 5 nitrogen and oxygen atoms in total. The summed E-state index contributed by atoms with van der Waals surface area (Å²) in [6.45, 7) is -1.81. The number of alkyl halides is 3. The number of hydrogen-bond donors (Lipinski definition) is 1. The summed E-state index contributed by atoms with van der Waals surface area (Å²) in [4.78, 5) is 23.9. The number of amides is 1. The number of benzene rings is 1. The summed E-state index contributed by atoms with van der Waals surface area (Å²) in [5.74, 6) is -1.73. The van der Waals surface area contributed by atoms with Gasteiger partial charge in [-0.25, -0.2) is 4.79 Å². The number of nitrogens with zero attached hydrogens (tertiary/aromatic N) is 1. The van der Waals surface area contributed by atoms with Crippen LogP contribution in [0.25, 0.3) is 0 Å². The minimum Gasteiger partial charge on any atom is -0.478 e. The van der Waals surface area contributed by atoms with Crippen molar-refractivity contribution in [3.63, 3.8) is 0 Å². The van der Waals surface area contributed by atoms with Crippen LogP contribution in [0.3, 0.4) is 0 Å². The third-order valence-electron chi connectivity index (χ3n) is 2.60. The SMILES string of the molecule is CN(C(=O)CCOCC(F)(F)F)c1ccccc1C(=O)O. The highest BCUT2D eigenvalue weighted by molar-refractivity contribution is 6.01. The number of para-hydroxylation sites is 1. The van der Waals surface area contributed by atoms with Gasteiger partial charge in [-0.3, -0.25) is 4.79 Å². The van der Waals surface area contributed by atoms with Gasteiger partial charge in [-0.15, -0.1) is 0 Å². The summed E-state index contributed by atoms with van der Waals surface area (Å²) in [5.41, 5.74) is 0.107. The van der Waals surface area contributed by atoms with Crippen LogP contribution in [0.15, 0.2) is 24.3 Å². The third-order valence-corrected chi connectivity index (χ3v) is 2.60. The van der Waals surface area contributed by atoms with Crippen molar-refractivity contribution < 1.29 is 32.6 Å². The predicted molar refractivity (Wildman–Crippen MR) is 68.3 cm³/mol. The molecule has 0 atom stereocenters. The number of aromatic carboxylic acids is 1. The van der Waals surface area contributed by atoms with E-state index < -0.39 is 31.3 Å². The molecule has 0 saturated carbocycles. The van der Waals surface area contributed by atoms with Crippen molar-refractivity contribution in [1.29, 1.82) is 0 Å². The minimum atomic E-state index is -4.44. The molecule has 0 radical (unpaired) electrons. The molecule has 0 heterocycles. The molecule has 0 aliphatic heterocycles. The lowest BCUT2D eigenvalue weighted by atomic mass is 10.1. The van der Waals surface area contributed by atoms with E-state index in [0.717, 1.165) is 4.90 Å². The van der Waals surface area contributed by atoms with Crippen molar-refractivity contribution in [2.24, 2.45) is 0 Å². The van der Waals surface area contributed by atoms with Crippen LogP contribution in [0.4, 0.5) is 18.9 Å². The van der Waals surface area contributed by atoms with E-state index in [1.807, 2.05) is 0 Å². The normalized spacial score (nSPS) is 11.2. The van der Waals surface area contributed by atoms with Gasteiger partial charge in [0.2, 0.25) is 5.91 Å². The van der Waals surface area contributed by atoms with Gasteiger partial charge in [-0.1, -0.05) is 12.1 Å². The van der Waals surface area contributed by atoms with E-state index in [1.165, 1.54) is 25.2 Å². The number of carbonyl (C=O) groups is 2. The number of hydrogen-bond acceptors (Lipinski definition) is 3. The number of carbonyl (C=O) groups excluding carboxylic acids is 1. The molecule has 1 N–H and O–H groups in total. The molecular formula is C13H14F3NO4. The summed E-state index contributed by atoms with van der Waals surface area (Å²) in [5, 5.41) is 9.01. The monoisotopic (exact) mass is 305 g/mol. The Morgan fingerprint density at radius 3 is 2.48 bits per heavy atom. The molecule has 21 heavy (non-hydrogen) atoms. The van der Waals surface area contributed by atoms with Crippen LogP contribution < -0.4 is 4.90 Å². The molecule has 1 aromatic carbocycles. The average molecular weight is 305 g/mol. The van der Waals surface area contributed by atoms with Gasteiger partial charge in [-0.05, 0) is 12.1 Å². The molecule has 0 unspecified atom stereocenters. The molecule has 0 bridgehead atoms. The topological polar surface area (TPSA) is 66.8 Å². The van der Waals surface area contributed by atoms with Crippen molar-refractivity contribution in [3.05, 3.63) is 29.8 Å². The van der Waals surface area contributed by atoms with Gasteiger partial charge in [0.25, 0.3) is 0 Å². The van der Waals surface area contributed by atoms with Crippen molar-refractivity contribution in [2.45, 2.75) is 12.6 Å². The number of anilines is 1. The molecule has 8 heteroatoms. The summed E-state index contributed by atoms with van der Waals surface area (Å²) < 4.78 is 39.9. The van der Waals surface area contributed by atoms with Crippen molar-refractivity contribution in [1.82, 2.24) is 0 Å². The zero-order valence-corrected chi connectivity index (χ0v) is 11.2. The number of carboxylic acid groups (broad SMARTS) is 1. The number of rotatable bonds is 6. The smallest absolute Gasteiger partial charge is 0.411 e. The first-order valence-electron chi connectivity index (χ1n) is 5.96. The Kier molecular flexibility index (Phi) is 5.71. The van der Waals surface area contributed by atoms with Gasteiger partial charge < -0.3 is 14.7 Å². The quantitative estimate of drug-likeness (QED) is 0.819. The lowest BCUT2D eigenvalue weighted by Gasteiger charge is -2.19. The molecule has 1 aromatic rings.